The number of para-hydroxylation sites is 1. The zero-order chi connectivity index (χ0) is 21.7. The second-order valence-electron chi connectivity index (χ2n) is 6.11. The van der Waals surface area contributed by atoms with E-state index in [-0.39, 0.29) is 17.0 Å². The number of carboxylic acids is 1. The second-order valence-corrected chi connectivity index (χ2v) is 6.11. The van der Waals surface area contributed by atoms with E-state index in [4.69, 9.17) is 14.6 Å². The standard InChI is InChI=1S/C21H18N2O7/c1-2-29-15-9-7-14(8-10-15)23-20(27)16(19(26)22-21(23)28)11-13-5-3-4-6-17(13)30-12-18(24)25/h3-11H,2,12H2,1H3,(H,24,25)(H,22,26,28). The molecule has 1 aliphatic heterocycles. The van der Waals surface area contributed by atoms with Crippen LogP contribution < -0.4 is 19.7 Å². The number of hydrogen-bond acceptors (Lipinski definition) is 6. The molecule has 3 rings (SSSR count). The van der Waals surface area contributed by atoms with Crippen molar-refractivity contribution in [1.82, 2.24) is 5.32 Å². The molecule has 2 aromatic rings. The minimum Gasteiger partial charge on any atom is -0.494 e. The summed E-state index contributed by atoms with van der Waals surface area (Å²) in [6, 6.07) is 11.7. The van der Waals surface area contributed by atoms with Gasteiger partial charge in [0.1, 0.15) is 17.1 Å². The summed E-state index contributed by atoms with van der Waals surface area (Å²) in [5, 5.41) is 10.9. The van der Waals surface area contributed by atoms with E-state index < -0.39 is 30.4 Å². The quantitative estimate of drug-likeness (QED) is 0.530. The van der Waals surface area contributed by atoms with E-state index in [1.807, 2.05) is 6.92 Å². The number of nitrogens with zero attached hydrogens (tertiary/aromatic N) is 1. The predicted octanol–water partition coefficient (Wildman–Crippen LogP) is 2.22. The van der Waals surface area contributed by atoms with Gasteiger partial charge in [0, 0.05) is 5.56 Å². The van der Waals surface area contributed by atoms with Crippen LogP contribution in [0.1, 0.15) is 12.5 Å². The Bertz CT molecular complexity index is 1030. The van der Waals surface area contributed by atoms with Crippen molar-refractivity contribution in [3.05, 3.63) is 59.7 Å². The van der Waals surface area contributed by atoms with Crippen LogP contribution in [0.25, 0.3) is 6.08 Å². The van der Waals surface area contributed by atoms with Gasteiger partial charge in [0.05, 0.1) is 12.3 Å². The van der Waals surface area contributed by atoms with Gasteiger partial charge in [0.25, 0.3) is 11.8 Å². The SMILES string of the molecule is CCOc1ccc(N2C(=O)NC(=O)C(=Cc3ccccc3OCC(=O)O)C2=O)cc1. The maximum Gasteiger partial charge on any atom is 0.341 e. The monoisotopic (exact) mass is 410 g/mol. The lowest BCUT2D eigenvalue weighted by Crippen LogP contribution is -2.54. The molecule has 1 aliphatic rings. The smallest absolute Gasteiger partial charge is 0.341 e. The van der Waals surface area contributed by atoms with Crippen LogP contribution in [0.2, 0.25) is 0 Å². The molecular formula is C21H18N2O7. The zero-order valence-electron chi connectivity index (χ0n) is 16.0. The summed E-state index contributed by atoms with van der Waals surface area (Å²) in [5.74, 6) is -2.10. The van der Waals surface area contributed by atoms with Crippen LogP contribution in [0.15, 0.2) is 54.1 Å². The number of benzene rings is 2. The topological polar surface area (TPSA) is 122 Å². The van der Waals surface area contributed by atoms with Crippen LogP contribution in [0.4, 0.5) is 10.5 Å². The summed E-state index contributed by atoms with van der Waals surface area (Å²) in [7, 11) is 0. The van der Waals surface area contributed by atoms with Gasteiger partial charge in [-0.1, -0.05) is 18.2 Å². The number of carboxylic acid groups (broad SMARTS) is 1. The highest BCUT2D eigenvalue weighted by molar-refractivity contribution is 6.39. The van der Waals surface area contributed by atoms with Gasteiger partial charge in [-0.25, -0.2) is 14.5 Å². The molecule has 0 atom stereocenters. The molecule has 0 aliphatic carbocycles. The average molecular weight is 410 g/mol. The molecule has 1 fully saturated rings. The lowest BCUT2D eigenvalue weighted by Gasteiger charge is -2.26. The second kappa shape index (κ2) is 8.91. The van der Waals surface area contributed by atoms with Crippen molar-refractivity contribution in [2.75, 3.05) is 18.1 Å². The maximum absolute atomic E-state index is 12.9. The average Bonchev–Trinajstić information content (AvgIpc) is 2.71. The van der Waals surface area contributed by atoms with Crippen molar-refractivity contribution in [3.63, 3.8) is 0 Å². The fourth-order valence-electron chi connectivity index (χ4n) is 2.78. The molecule has 2 N–H and O–H groups in total. The molecule has 0 spiro atoms. The van der Waals surface area contributed by atoms with Crippen LogP contribution in [-0.2, 0) is 14.4 Å². The van der Waals surface area contributed by atoms with Crippen molar-refractivity contribution in [2.24, 2.45) is 0 Å². The van der Waals surface area contributed by atoms with Crippen molar-refractivity contribution >= 4 is 35.6 Å². The van der Waals surface area contributed by atoms with Gasteiger partial charge < -0.3 is 14.6 Å². The van der Waals surface area contributed by atoms with E-state index in [1.165, 1.54) is 24.3 Å². The van der Waals surface area contributed by atoms with Crippen LogP contribution in [0, 0.1) is 0 Å². The van der Waals surface area contributed by atoms with Gasteiger partial charge in [-0.3, -0.25) is 14.9 Å². The van der Waals surface area contributed by atoms with Crippen molar-refractivity contribution < 1.29 is 33.8 Å². The molecule has 4 amide bonds. The fraction of sp³-hybridized carbons (Fsp3) is 0.143. The van der Waals surface area contributed by atoms with E-state index in [9.17, 15) is 19.2 Å². The van der Waals surface area contributed by atoms with E-state index in [0.29, 0.717) is 17.9 Å². The summed E-state index contributed by atoms with van der Waals surface area (Å²) < 4.78 is 10.5. The third-order valence-electron chi connectivity index (χ3n) is 4.08. The van der Waals surface area contributed by atoms with Crippen molar-refractivity contribution in [2.45, 2.75) is 6.92 Å². The molecule has 0 radical (unpaired) electrons. The van der Waals surface area contributed by atoms with Crippen LogP contribution in [0.3, 0.4) is 0 Å². The Hall–Kier alpha value is -4.14. The van der Waals surface area contributed by atoms with Gasteiger partial charge in [-0.15, -0.1) is 0 Å². The van der Waals surface area contributed by atoms with E-state index in [1.54, 1.807) is 30.3 Å². The molecule has 0 aromatic heterocycles. The first-order valence-electron chi connectivity index (χ1n) is 8.98. The zero-order valence-corrected chi connectivity index (χ0v) is 16.0. The molecule has 2 aromatic carbocycles. The summed E-state index contributed by atoms with van der Waals surface area (Å²) in [6.45, 7) is 1.71. The molecule has 0 unspecified atom stereocenters. The summed E-state index contributed by atoms with van der Waals surface area (Å²) in [5.41, 5.74) is 0.280. The number of aliphatic carboxylic acids is 1. The molecule has 154 valence electrons. The summed E-state index contributed by atoms with van der Waals surface area (Å²) in [6.07, 6.45) is 1.25. The number of hydrogen-bond donors (Lipinski definition) is 2. The number of anilines is 1. The number of barbiturate groups is 1. The van der Waals surface area contributed by atoms with Crippen LogP contribution >= 0.6 is 0 Å². The molecular weight excluding hydrogens is 392 g/mol. The first-order chi connectivity index (χ1) is 14.4. The normalized spacial score (nSPS) is 15.2. The number of urea groups is 1. The van der Waals surface area contributed by atoms with Gasteiger partial charge >= 0.3 is 12.0 Å². The lowest BCUT2D eigenvalue weighted by atomic mass is 10.1. The summed E-state index contributed by atoms with van der Waals surface area (Å²) >= 11 is 0. The van der Waals surface area contributed by atoms with Crippen LogP contribution in [0.5, 0.6) is 11.5 Å². The van der Waals surface area contributed by atoms with Gasteiger partial charge in [0.2, 0.25) is 0 Å². The minimum absolute atomic E-state index is 0.178. The molecule has 9 heteroatoms. The Kier molecular flexibility index (Phi) is 6.11. The molecule has 0 bridgehead atoms. The van der Waals surface area contributed by atoms with E-state index >= 15 is 0 Å². The first kappa shape index (κ1) is 20.6. The third kappa shape index (κ3) is 4.46. The molecule has 1 saturated heterocycles. The Balaban J connectivity index is 1.94. The Labute approximate surface area is 171 Å². The van der Waals surface area contributed by atoms with Crippen molar-refractivity contribution in [1.29, 1.82) is 0 Å². The van der Waals surface area contributed by atoms with Gasteiger partial charge in [-0.2, -0.15) is 0 Å². The number of carbonyl (C=O) groups excluding carboxylic acids is 3. The highest BCUT2D eigenvalue weighted by Gasteiger charge is 2.37. The predicted molar refractivity (Wildman–Crippen MR) is 106 cm³/mol. The largest absolute Gasteiger partial charge is 0.494 e. The Morgan fingerprint density at radius 1 is 1.07 bits per heavy atom. The minimum atomic E-state index is -1.17. The third-order valence-corrected chi connectivity index (χ3v) is 4.08. The van der Waals surface area contributed by atoms with Gasteiger partial charge in [0.15, 0.2) is 6.61 Å². The highest BCUT2D eigenvalue weighted by Crippen LogP contribution is 2.26. The molecule has 1 heterocycles. The van der Waals surface area contributed by atoms with Crippen LogP contribution in [-0.4, -0.2) is 42.1 Å². The number of rotatable bonds is 7. The van der Waals surface area contributed by atoms with E-state index in [2.05, 4.69) is 5.32 Å². The number of amides is 4. The Morgan fingerprint density at radius 2 is 1.77 bits per heavy atom. The van der Waals surface area contributed by atoms with Gasteiger partial charge in [-0.05, 0) is 43.3 Å². The Morgan fingerprint density at radius 3 is 2.43 bits per heavy atom. The number of ether oxygens (including phenoxy) is 2. The first-order valence-corrected chi connectivity index (χ1v) is 8.98. The number of carbonyl (C=O) groups is 4. The molecule has 9 nitrogen and oxygen atoms in total. The summed E-state index contributed by atoms with van der Waals surface area (Å²) in [4.78, 5) is 49.2. The number of nitrogens with one attached hydrogen (secondary N) is 1. The lowest BCUT2D eigenvalue weighted by molar-refractivity contribution is -0.139. The fourth-order valence-corrected chi connectivity index (χ4v) is 2.78. The maximum atomic E-state index is 12.9. The number of imide groups is 2. The molecule has 0 saturated carbocycles. The molecule has 30 heavy (non-hydrogen) atoms. The van der Waals surface area contributed by atoms with E-state index in [0.717, 1.165) is 4.90 Å². The van der Waals surface area contributed by atoms with Crippen molar-refractivity contribution in [3.8, 4) is 11.5 Å². The highest BCUT2D eigenvalue weighted by atomic mass is 16.5.